The van der Waals surface area contributed by atoms with Gasteiger partial charge in [-0.2, -0.15) is 0 Å². The van der Waals surface area contributed by atoms with Crippen LogP contribution in [0.5, 0.6) is 0 Å². The molecule has 0 saturated carbocycles. The summed E-state index contributed by atoms with van der Waals surface area (Å²) in [4.78, 5) is 2.47. The van der Waals surface area contributed by atoms with Gasteiger partial charge in [0.15, 0.2) is 0 Å². The highest BCUT2D eigenvalue weighted by Crippen LogP contribution is 2.40. The SMILES string of the molecule is CC(C)C1CCN(C)C1c1ccc(Cl)cc1. The summed E-state index contributed by atoms with van der Waals surface area (Å²) in [5, 5.41) is 0.825. The Balaban J connectivity index is 2.26. The molecular formula is C14H20ClN. The number of halogens is 1. The van der Waals surface area contributed by atoms with Gasteiger partial charge in [0, 0.05) is 11.1 Å². The lowest BCUT2D eigenvalue weighted by molar-refractivity contribution is 0.240. The van der Waals surface area contributed by atoms with Crippen molar-refractivity contribution in [3.63, 3.8) is 0 Å². The predicted octanol–water partition coefficient (Wildman–Crippen LogP) is 3.99. The van der Waals surface area contributed by atoms with Crippen molar-refractivity contribution in [1.82, 2.24) is 4.90 Å². The summed E-state index contributed by atoms with van der Waals surface area (Å²) in [7, 11) is 2.22. The fourth-order valence-corrected chi connectivity index (χ4v) is 2.96. The Labute approximate surface area is 103 Å². The zero-order valence-corrected chi connectivity index (χ0v) is 11.0. The number of hydrogen-bond acceptors (Lipinski definition) is 1. The minimum Gasteiger partial charge on any atom is -0.299 e. The molecule has 0 aliphatic carbocycles. The molecule has 1 nitrogen and oxygen atoms in total. The summed E-state index contributed by atoms with van der Waals surface area (Å²) in [6.07, 6.45) is 1.31. The minimum absolute atomic E-state index is 0.567. The van der Waals surface area contributed by atoms with Gasteiger partial charge in [0.2, 0.25) is 0 Å². The summed E-state index contributed by atoms with van der Waals surface area (Å²) >= 11 is 5.94. The summed E-state index contributed by atoms with van der Waals surface area (Å²) in [5.74, 6) is 1.51. The van der Waals surface area contributed by atoms with Gasteiger partial charge < -0.3 is 0 Å². The van der Waals surface area contributed by atoms with Crippen LogP contribution in [0.3, 0.4) is 0 Å². The molecule has 1 heterocycles. The first-order valence-electron chi connectivity index (χ1n) is 6.05. The minimum atomic E-state index is 0.567. The van der Waals surface area contributed by atoms with Crippen LogP contribution in [0.15, 0.2) is 24.3 Å². The smallest absolute Gasteiger partial charge is 0.0406 e. The third-order valence-electron chi connectivity index (χ3n) is 3.76. The third kappa shape index (κ3) is 2.26. The quantitative estimate of drug-likeness (QED) is 0.752. The van der Waals surface area contributed by atoms with Crippen LogP contribution in [-0.4, -0.2) is 18.5 Å². The highest BCUT2D eigenvalue weighted by atomic mass is 35.5. The Kier molecular flexibility index (Phi) is 3.56. The Morgan fingerprint density at radius 1 is 1.25 bits per heavy atom. The Morgan fingerprint density at radius 3 is 2.44 bits per heavy atom. The molecule has 0 spiro atoms. The Hall–Kier alpha value is -0.530. The maximum atomic E-state index is 5.94. The summed E-state index contributed by atoms with van der Waals surface area (Å²) in [6, 6.07) is 8.91. The lowest BCUT2D eigenvalue weighted by Gasteiger charge is -2.28. The van der Waals surface area contributed by atoms with Crippen molar-refractivity contribution >= 4 is 11.6 Å². The Morgan fingerprint density at radius 2 is 1.88 bits per heavy atom. The molecule has 88 valence electrons. The largest absolute Gasteiger partial charge is 0.299 e. The molecule has 0 N–H and O–H groups in total. The van der Waals surface area contributed by atoms with Crippen LogP contribution in [0.1, 0.15) is 31.9 Å². The number of rotatable bonds is 2. The zero-order chi connectivity index (χ0) is 11.7. The first kappa shape index (κ1) is 11.9. The first-order chi connectivity index (χ1) is 7.59. The molecule has 1 saturated heterocycles. The monoisotopic (exact) mass is 237 g/mol. The summed E-state index contributed by atoms with van der Waals surface area (Å²) < 4.78 is 0. The average molecular weight is 238 g/mol. The second-order valence-corrected chi connectivity index (χ2v) is 5.61. The number of nitrogens with zero attached hydrogens (tertiary/aromatic N) is 1. The molecule has 1 fully saturated rings. The molecule has 0 aromatic heterocycles. The Bertz CT molecular complexity index is 344. The van der Waals surface area contributed by atoms with E-state index in [4.69, 9.17) is 11.6 Å². The summed E-state index contributed by atoms with van der Waals surface area (Å²) in [5.41, 5.74) is 1.41. The molecule has 1 aromatic rings. The van der Waals surface area contributed by atoms with Crippen molar-refractivity contribution in [3.05, 3.63) is 34.9 Å². The van der Waals surface area contributed by atoms with Crippen molar-refractivity contribution in [1.29, 1.82) is 0 Å². The van der Waals surface area contributed by atoms with E-state index >= 15 is 0 Å². The molecule has 16 heavy (non-hydrogen) atoms. The molecule has 1 aliphatic rings. The standard InChI is InChI=1S/C14H20ClN/c1-10(2)13-8-9-16(3)14(13)11-4-6-12(15)7-5-11/h4-7,10,13-14H,8-9H2,1-3H3. The van der Waals surface area contributed by atoms with Crippen molar-refractivity contribution in [3.8, 4) is 0 Å². The lowest BCUT2D eigenvalue weighted by atomic mass is 9.85. The molecular weight excluding hydrogens is 218 g/mol. The lowest BCUT2D eigenvalue weighted by Crippen LogP contribution is -2.23. The van der Waals surface area contributed by atoms with Gasteiger partial charge in [-0.25, -0.2) is 0 Å². The van der Waals surface area contributed by atoms with Crippen molar-refractivity contribution in [2.75, 3.05) is 13.6 Å². The number of benzene rings is 1. The van der Waals surface area contributed by atoms with Crippen LogP contribution < -0.4 is 0 Å². The van der Waals surface area contributed by atoms with E-state index in [1.807, 2.05) is 12.1 Å². The maximum absolute atomic E-state index is 5.94. The van der Waals surface area contributed by atoms with Crippen LogP contribution in [0.25, 0.3) is 0 Å². The van der Waals surface area contributed by atoms with E-state index in [9.17, 15) is 0 Å². The fraction of sp³-hybridized carbons (Fsp3) is 0.571. The first-order valence-corrected chi connectivity index (χ1v) is 6.43. The second kappa shape index (κ2) is 4.77. The van der Waals surface area contributed by atoms with Gasteiger partial charge in [0.25, 0.3) is 0 Å². The number of likely N-dealkylation sites (tertiary alicyclic amines) is 1. The summed E-state index contributed by atoms with van der Waals surface area (Å²) in [6.45, 7) is 5.86. The zero-order valence-electron chi connectivity index (χ0n) is 10.3. The van der Waals surface area contributed by atoms with Crippen LogP contribution >= 0.6 is 11.6 Å². The van der Waals surface area contributed by atoms with Gasteiger partial charge in [-0.15, -0.1) is 0 Å². The molecule has 0 radical (unpaired) electrons. The average Bonchev–Trinajstić information content (AvgIpc) is 2.62. The molecule has 0 bridgehead atoms. The predicted molar refractivity (Wildman–Crippen MR) is 69.8 cm³/mol. The van der Waals surface area contributed by atoms with Gasteiger partial charge in [-0.3, -0.25) is 4.90 Å². The molecule has 2 atom stereocenters. The van der Waals surface area contributed by atoms with E-state index in [0.29, 0.717) is 6.04 Å². The number of hydrogen-bond donors (Lipinski definition) is 0. The molecule has 1 aromatic carbocycles. The van der Waals surface area contributed by atoms with Crippen molar-refractivity contribution in [2.24, 2.45) is 11.8 Å². The van der Waals surface area contributed by atoms with Gasteiger partial charge in [-0.1, -0.05) is 37.6 Å². The van der Waals surface area contributed by atoms with E-state index in [1.165, 1.54) is 18.5 Å². The maximum Gasteiger partial charge on any atom is 0.0406 e. The van der Waals surface area contributed by atoms with Gasteiger partial charge in [0.05, 0.1) is 0 Å². The van der Waals surface area contributed by atoms with E-state index < -0.39 is 0 Å². The van der Waals surface area contributed by atoms with E-state index in [-0.39, 0.29) is 0 Å². The molecule has 1 aliphatic heterocycles. The second-order valence-electron chi connectivity index (χ2n) is 5.17. The molecule has 2 heteroatoms. The normalized spacial score (nSPS) is 26.6. The van der Waals surface area contributed by atoms with Gasteiger partial charge in [0.1, 0.15) is 0 Å². The highest BCUT2D eigenvalue weighted by molar-refractivity contribution is 6.30. The topological polar surface area (TPSA) is 3.24 Å². The van der Waals surface area contributed by atoms with Crippen LogP contribution in [-0.2, 0) is 0 Å². The van der Waals surface area contributed by atoms with E-state index in [0.717, 1.165) is 16.9 Å². The molecule has 2 rings (SSSR count). The van der Waals surface area contributed by atoms with Crippen molar-refractivity contribution < 1.29 is 0 Å². The van der Waals surface area contributed by atoms with E-state index in [2.05, 4.69) is 37.9 Å². The van der Waals surface area contributed by atoms with Gasteiger partial charge >= 0.3 is 0 Å². The van der Waals surface area contributed by atoms with Crippen LogP contribution in [0, 0.1) is 11.8 Å². The van der Waals surface area contributed by atoms with Gasteiger partial charge in [-0.05, 0) is 49.5 Å². The highest BCUT2D eigenvalue weighted by Gasteiger charge is 2.34. The fourth-order valence-electron chi connectivity index (χ4n) is 2.84. The van der Waals surface area contributed by atoms with Crippen LogP contribution in [0.2, 0.25) is 5.02 Å². The van der Waals surface area contributed by atoms with E-state index in [1.54, 1.807) is 0 Å². The molecule has 0 amide bonds. The van der Waals surface area contributed by atoms with Crippen LogP contribution in [0.4, 0.5) is 0 Å². The molecule has 2 unspecified atom stereocenters. The third-order valence-corrected chi connectivity index (χ3v) is 4.02. The van der Waals surface area contributed by atoms with Crippen molar-refractivity contribution in [2.45, 2.75) is 26.3 Å².